The fraction of sp³-hybridized carbons (Fsp3) is 0.440. The lowest BCUT2D eigenvalue weighted by atomic mass is 9.82. The van der Waals surface area contributed by atoms with Crippen LogP contribution in [0.5, 0.6) is 0 Å². The number of alkyl halides is 3. The van der Waals surface area contributed by atoms with Crippen molar-refractivity contribution in [2.75, 3.05) is 18.5 Å². The third-order valence-electron chi connectivity index (χ3n) is 6.93. The molecule has 8 nitrogen and oxygen atoms in total. The number of anilines is 1. The van der Waals surface area contributed by atoms with Crippen molar-refractivity contribution < 1.29 is 27.4 Å². The van der Waals surface area contributed by atoms with Crippen molar-refractivity contribution in [2.45, 2.75) is 57.4 Å². The minimum Gasteiger partial charge on any atom is -0.348 e. The molecule has 0 atom stereocenters. The molecule has 1 N–H and O–H groups in total. The van der Waals surface area contributed by atoms with Gasteiger partial charge in [-0.2, -0.15) is 18.3 Å². The molecule has 5 rings (SSSR count). The van der Waals surface area contributed by atoms with E-state index in [1.54, 1.807) is 13.1 Å². The zero-order valence-corrected chi connectivity index (χ0v) is 21.0. The van der Waals surface area contributed by atoms with Crippen LogP contribution in [0.15, 0.2) is 30.7 Å². The van der Waals surface area contributed by atoms with E-state index in [0.717, 1.165) is 43.0 Å². The van der Waals surface area contributed by atoms with E-state index < -0.39 is 23.4 Å². The minimum absolute atomic E-state index is 0.00394. The number of nitrogens with one attached hydrogen (secondary N) is 1. The highest BCUT2D eigenvalue weighted by molar-refractivity contribution is 6.32. The van der Waals surface area contributed by atoms with E-state index in [2.05, 4.69) is 20.4 Å². The topological polar surface area (TPSA) is 91.2 Å². The summed E-state index contributed by atoms with van der Waals surface area (Å²) < 4.78 is 51.7. The third kappa shape index (κ3) is 5.07. The average molecular weight is 536 g/mol. The van der Waals surface area contributed by atoms with Crippen molar-refractivity contribution >= 4 is 23.2 Å². The highest BCUT2D eigenvalue weighted by Crippen LogP contribution is 2.42. The lowest BCUT2D eigenvalue weighted by Crippen LogP contribution is -2.34. The van der Waals surface area contributed by atoms with Gasteiger partial charge in [-0.25, -0.2) is 9.67 Å². The maximum absolute atomic E-state index is 13.0. The molecule has 1 amide bonds. The molecule has 37 heavy (non-hydrogen) atoms. The van der Waals surface area contributed by atoms with Crippen molar-refractivity contribution in [1.29, 1.82) is 0 Å². The van der Waals surface area contributed by atoms with Gasteiger partial charge in [-0.15, -0.1) is 0 Å². The van der Waals surface area contributed by atoms with Gasteiger partial charge in [0.1, 0.15) is 0 Å². The van der Waals surface area contributed by atoms with E-state index in [-0.39, 0.29) is 16.4 Å². The molecule has 2 aliphatic rings. The molecular weight excluding hydrogens is 511 g/mol. The van der Waals surface area contributed by atoms with Gasteiger partial charge in [0.15, 0.2) is 11.6 Å². The van der Waals surface area contributed by atoms with Gasteiger partial charge in [0, 0.05) is 30.7 Å². The van der Waals surface area contributed by atoms with Gasteiger partial charge in [0.2, 0.25) is 0 Å². The summed E-state index contributed by atoms with van der Waals surface area (Å²) in [5, 5.41) is 6.70. The van der Waals surface area contributed by atoms with Crippen LogP contribution in [-0.2, 0) is 15.7 Å². The molecule has 12 heteroatoms. The number of carbonyl (C=O) groups excluding carboxylic acids is 1. The second-order valence-electron chi connectivity index (χ2n) is 9.34. The van der Waals surface area contributed by atoms with E-state index in [4.69, 9.17) is 21.1 Å². The zero-order chi connectivity index (χ0) is 26.4. The molecule has 4 heterocycles. The molecule has 2 fully saturated rings. The van der Waals surface area contributed by atoms with Crippen LogP contribution >= 0.6 is 11.6 Å². The van der Waals surface area contributed by atoms with E-state index in [0.29, 0.717) is 36.7 Å². The van der Waals surface area contributed by atoms with Crippen LogP contribution in [0.1, 0.15) is 64.5 Å². The van der Waals surface area contributed by atoms with Gasteiger partial charge in [-0.1, -0.05) is 11.6 Å². The van der Waals surface area contributed by atoms with Crippen LogP contribution in [0.3, 0.4) is 0 Å². The maximum atomic E-state index is 13.0. The lowest BCUT2D eigenvalue weighted by molar-refractivity contribution is -0.179. The molecule has 0 unspecified atom stereocenters. The van der Waals surface area contributed by atoms with Crippen LogP contribution in [-0.4, -0.2) is 44.7 Å². The largest absolute Gasteiger partial charge is 0.417 e. The predicted molar refractivity (Wildman–Crippen MR) is 129 cm³/mol. The number of aromatic nitrogens is 4. The Morgan fingerprint density at radius 2 is 1.81 bits per heavy atom. The second kappa shape index (κ2) is 9.70. The number of nitrogens with zero attached hydrogens (tertiary/aromatic N) is 4. The molecule has 0 radical (unpaired) electrons. The second-order valence-corrected chi connectivity index (χ2v) is 9.75. The molecule has 3 aromatic heterocycles. The monoisotopic (exact) mass is 535 g/mol. The van der Waals surface area contributed by atoms with Gasteiger partial charge in [-0.05, 0) is 44.4 Å². The standard InChI is InChI=1S/C25H25ClF3N5O3/c1-14-9-18(12-30-21(14)16-3-5-24(6-4-16)36-7-8-37-24)33-23(35)19-13-32-34(15(19)2)22-20(26)10-17(11-31-22)25(27,28)29/h9-13,16H,3-8H2,1-2H3,(H,33,35). The Bertz CT molecular complexity index is 1330. The van der Waals surface area contributed by atoms with Crippen molar-refractivity contribution in [1.82, 2.24) is 19.7 Å². The molecule has 3 aromatic rings. The summed E-state index contributed by atoms with van der Waals surface area (Å²) in [6, 6.07) is 2.65. The number of rotatable bonds is 4. The van der Waals surface area contributed by atoms with Gasteiger partial charge >= 0.3 is 6.18 Å². The summed E-state index contributed by atoms with van der Waals surface area (Å²) in [4.78, 5) is 21.4. The SMILES string of the molecule is Cc1cc(NC(=O)c2cnn(-c3ncc(C(F)(F)F)cc3Cl)c2C)cnc1C1CCC2(CC1)OCCO2. The van der Waals surface area contributed by atoms with E-state index in [9.17, 15) is 18.0 Å². The van der Waals surface area contributed by atoms with Gasteiger partial charge in [0.25, 0.3) is 5.91 Å². The first kappa shape index (κ1) is 25.6. The molecule has 1 aliphatic heterocycles. The first-order valence-corrected chi connectivity index (χ1v) is 12.3. The molecule has 0 bridgehead atoms. The summed E-state index contributed by atoms with van der Waals surface area (Å²) in [6.07, 6.45) is 2.55. The van der Waals surface area contributed by atoms with E-state index in [1.165, 1.54) is 10.9 Å². The molecule has 1 saturated carbocycles. The normalized spacial score (nSPS) is 17.9. The van der Waals surface area contributed by atoms with Gasteiger partial charge < -0.3 is 14.8 Å². The Kier molecular flexibility index (Phi) is 6.71. The number of hydrogen-bond donors (Lipinski definition) is 1. The van der Waals surface area contributed by atoms with E-state index in [1.807, 2.05) is 13.0 Å². The Balaban J connectivity index is 1.28. The highest BCUT2D eigenvalue weighted by atomic mass is 35.5. The minimum atomic E-state index is -4.57. The van der Waals surface area contributed by atoms with Gasteiger partial charge in [0.05, 0.1) is 53.1 Å². The summed E-state index contributed by atoms with van der Waals surface area (Å²) in [5.74, 6) is -0.572. The Morgan fingerprint density at radius 1 is 1.11 bits per heavy atom. The number of amides is 1. The summed E-state index contributed by atoms with van der Waals surface area (Å²) >= 11 is 6.05. The number of carbonyl (C=O) groups is 1. The maximum Gasteiger partial charge on any atom is 0.417 e. The number of aryl methyl sites for hydroxylation is 1. The van der Waals surface area contributed by atoms with Crippen LogP contribution in [0.2, 0.25) is 5.02 Å². The third-order valence-corrected chi connectivity index (χ3v) is 7.21. The average Bonchev–Trinajstić information content (AvgIpc) is 3.46. The number of ether oxygens (including phenoxy) is 2. The van der Waals surface area contributed by atoms with Crippen molar-refractivity contribution in [2.24, 2.45) is 0 Å². The summed E-state index contributed by atoms with van der Waals surface area (Å²) in [6.45, 7) is 4.86. The highest BCUT2D eigenvalue weighted by Gasteiger charge is 2.41. The molecular formula is C25H25ClF3N5O3. The van der Waals surface area contributed by atoms with E-state index >= 15 is 0 Å². The van der Waals surface area contributed by atoms with Gasteiger partial charge in [-0.3, -0.25) is 9.78 Å². The fourth-order valence-electron chi connectivity index (χ4n) is 4.98. The number of hydrogen-bond acceptors (Lipinski definition) is 6. The molecule has 1 aliphatic carbocycles. The Hall–Kier alpha value is -3.02. The first-order valence-electron chi connectivity index (χ1n) is 11.9. The van der Waals surface area contributed by atoms with Crippen molar-refractivity contribution in [3.8, 4) is 5.82 Å². The lowest BCUT2D eigenvalue weighted by Gasteiger charge is -2.35. The summed E-state index contributed by atoms with van der Waals surface area (Å²) in [7, 11) is 0. The number of pyridine rings is 2. The Labute approximate surface area is 216 Å². The molecule has 0 aromatic carbocycles. The smallest absolute Gasteiger partial charge is 0.348 e. The fourth-order valence-corrected chi connectivity index (χ4v) is 5.23. The summed E-state index contributed by atoms with van der Waals surface area (Å²) in [5.41, 5.74) is 2.13. The molecule has 1 spiro atoms. The van der Waals surface area contributed by atoms with Crippen LogP contribution in [0, 0.1) is 13.8 Å². The van der Waals surface area contributed by atoms with Crippen LogP contribution in [0.4, 0.5) is 18.9 Å². The predicted octanol–water partition coefficient (Wildman–Crippen LogP) is 5.60. The quantitative estimate of drug-likeness (QED) is 0.467. The van der Waals surface area contributed by atoms with Crippen molar-refractivity contribution in [3.05, 3.63) is 63.8 Å². The molecule has 1 saturated heterocycles. The van der Waals surface area contributed by atoms with Crippen LogP contribution in [0.25, 0.3) is 5.82 Å². The molecule has 196 valence electrons. The van der Waals surface area contributed by atoms with Crippen molar-refractivity contribution in [3.63, 3.8) is 0 Å². The first-order chi connectivity index (χ1) is 17.6. The Morgan fingerprint density at radius 3 is 2.43 bits per heavy atom. The zero-order valence-electron chi connectivity index (χ0n) is 20.2. The van der Waals surface area contributed by atoms with Crippen LogP contribution < -0.4 is 5.32 Å². The number of halogens is 4.